The monoisotopic (exact) mass is 409 g/mol. The van der Waals surface area contributed by atoms with E-state index >= 15 is 0 Å². The third-order valence-electron chi connectivity index (χ3n) is 4.27. The highest BCUT2D eigenvalue weighted by atomic mass is 19.4. The molecule has 1 aliphatic heterocycles. The number of nitrogens with one attached hydrogen (secondary N) is 2. The topological polar surface area (TPSA) is 91.3 Å². The zero-order valence-corrected chi connectivity index (χ0v) is 15.8. The van der Waals surface area contributed by atoms with E-state index in [0.29, 0.717) is 5.56 Å². The molecule has 0 bridgehead atoms. The highest BCUT2D eigenvalue weighted by molar-refractivity contribution is 5.95. The van der Waals surface area contributed by atoms with Crippen LogP contribution in [-0.2, 0) is 4.79 Å². The van der Waals surface area contributed by atoms with E-state index in [1.54, 1.807) is 0 Å². The van der Waals surface area contributed by atoms with Gasteiger partial charge in [0.1, 0.15) is 0 Å². The Labute approximate surface area is 166 Å². The van der Waals surface area contributed by atoms with Crippen molar-refractivity contribution in [2.45, 2.75) is 32.0 Å². The van der Waals surface area contributed by atoms with Crippen LogP contribution in [0.1, 0.15) is 28.9 Å². The second-order valence-corrected chi connectivity index (χ2v) is 6.52. The molecular formula is C20H22F3N3O3. The van der Waals surface area contributed by atoms with Gasteiger partial charge in [0.15, 0.2) is 0 Å². The summed E-state index contributed by atoms with van der Waals surface area (Å²) in [6.45, 7) is 3.78. The van der Waals surface area contributed by atoms with Gasteiger partial charge < -0.3 is 15.7 Å². The van der Waals surface area contributed by atoms with Crippen LogP contribution in [0.3, 0.4) is 0 Å². The Hall–Kier alpha value is -2.94. The summed E-state index contributed by atoms with van der Waals surface area (Å²) in [4.78, 5) is 25.9. The van der Waals surface area contributed by atoms with E-state index in [2.05, 4.69) is 15.6 Å². The Morgan fingerprint density at radius 1 is 1.17 bits per heavy atom. The second-order valence-electron chi connectivity index (χ2n) is 6.52. The Morgan fingerprint density at radius 3 is 2.34 bits per heavy atom. The number of aryl methyl sites for hydroxylation is 1. The fraction of sp³-hybridized carbons (Fsp3) is 0.350. The molecule has 0 spiro atoms. The number of rotatable bonds is 3. The molecular weight excluding hydrogens is 387 g/mol. The second kappa shape index (κ2) is 10.0. The number of carbonyl (C=O) groups excluding carboxylic acids is 1. The lowest BCUT2D eigenvalue weighted by molar-refractivity contribution is -0.192. The molecule has 1 aromatic carbocycles. The Bertz CT molecular complexity index is 836. The number of aliphatic carboxylic acids is 1. The minimum atomic E-state index is -5.08. The molecule has 6 nitrogen and oxygen atoms in total. The number of amides is 1. The van der Waals surface area contributed by atoms with Crippen molar-refractivity contribution in [3.63, 3.8) is 0 Å². The fourth-order valence-corrected chi connectivity index (χ4v) is 2.81. The maximum absolute atomic E-state index is 12.4. The number of alkyl halides is 3. The standard InChI is InChI=1S/C18H21N3O.C2HF3O2/c1-13-16(18(22)21-15-8-5-11-19-12-15)9-10-17(20-13)14-6-3-2-4-7-14;3-2(4,5)1(6)7/h2-4,6-7,9-10,15,19H,5,8,11-12H2,1H3,(H,21,22);(H,6,7)/t15-;/m0./s1. The molecule has 29 heavy (non-hydrogen) atoms. The first-order valence-corrected chi connectivity index (χ1v) is 9.03. The van der Waals surface area contributed by atoms with E-state index in [0.717, 1.165) is 42.9 Å². The first kappa shape index (κ1) is 22.4. The van der Waals surface area contributed by atoms with Gasteiger partial charge in [-0.25, -0.2) is 4.79 Å². The molecule has 9 heteroatoms. The van der Waals surface area contributed by atoms with Crippen LogP contribution in [0, 0.1) is 6.92 Å². The molecule has 2 aromatic rings. The first-order valence-electron chi connectivity index (χ1n) is 9.03. The number of carbonyl (C=O) groups is 2. The lowest BCUT2D eigenvalue weighted by Gasteiger charge is -2.24. The van der Waals surface area contributed by atoms with E-state index in [9.17, 15) is 18.0 Å². The van der Waals surface area contributed by atoms with Gasteiger partial charge in [0.05, 0.1) is 17.0 Å². The lowest BCUT2D eigenvalue weighted by Crippen LogP contribution is -2.45. The van der Waals surface area contributed by atoms with Crippen LogP contribution in [-0.4, -0.2) is 47.3 Å². The summed E-state index contributed by atoms with van der Waals surface area (Å²) >= 11 is 0. The first-order chi connectivity index (χ1) is 13.7. The number of hydrogen-bond donors (Lipinski definition) is 3. The maximum Gasteiger partial charge on any atom is 0.490 e. The van der Waals surface area contributed by atoms with Crippen molar-refractivity contribution in [1.82, 2.24) is 15.6 Å². The van der Waals surface area contributed by atoms with E-state index in [-0.39, 0.29) is 11.9 Å². The van der Waals surface area contributed by atoms with Crippen molar-refractivity contribution in [1.29, 1.82) is 0 Å². The average Bonchev–Trinajstić information content (AvgIpc) is 2.69. The third-order valence-corrected chi connectivity index (χ3v) is 4.27. The van der Waals surface area contributed by atoms with Crippen LogP contribution in [0.15, 0.2) is 42.5 Å². The van der Waals surface area contributed by atoms with Gasteiger partial charge in [0, 0.05) is 18.2 Å². The van der Waals surface area contributed by atoms with Crippen molar-refractivity contribution in [2.24, 2.45) is 0 Å². The van der Waals surface area contributed by atoms with Crippen LogP contribution in [0.25, 0.3) is 11.3 Å². The molecule has 1 saturated heterocycles. The molecule has 1 amide bonds. The van der Waals surface area contributed by atoms with Gasteiger partial charge in [-0.3, -0.25) is 9.78 Å². The molecule has 3 N–H and O–H groups in total. The molecule has 1 aromatic heterocycles. The Morgan fingerprint density at radius 2 is 1.83 bits per heavy atom. The van der Waals surface area contributed by atoms with Gasteiger partial charge in [-0.1, -0.05) is 30.3 Å². The smallest absolute Gasteiger partial charge is 0.475 e. The van der Waals surface area contributed by atoms with Crippen molar-refractivity contribution >= 4 is 11.9 Å². The number of halogens is 3. The molecule has 0 aliphatic carbocycles. The van der Waals surface area contributed by atoms with E-state index in [1.165, 1.54) is 0 Å². The summed E-state index contributed by atoms with van der Waals surface area (Å²) < 4.78 is 31.7. The minimum Gasteiger partial charge on any atom is -0.475 e. The summed E-state index contributed by atoms with van der Waals surface area (Å²) in [5, 5.41) is 13.5. The van der Waals surface area contributed by atoms with Crippen LogP contribution >= 0.6 is 0 Å². The van der Waals surface area contributed by atoms with Gasteiger partial charge in [-0.05, 0) is 38.4 Å². The Balaban J connectivity index is 0.000000370. The summed E-state index contributed by atoms with van der Waals surface area (Å²) in [7, 11) is 0. The lowest BCUT2D eigenvalue weighted by atomic mass is 10.1. The molecule has 1 fully saturated rings. The molecule has 2 heterocycles. The summed E-state index contributed by atoms with van der Waals surface area (Å²) in [5.41, 5.74) is 3.39. The van der Waals surface area contributed by atoms with Crippen molar-refractivity contribution < 1.29 is 27.9 Å². The normalized spacial score (nSPS) is 16.3. The van der Waals surface area contributed by atoms with Crippen LogP contribution in [0.5, 0.6) is 0 Å². The number of aromatic nitrogens is 1. The Kier molecular flexibility index (Phi) is 7.72. The number of benzene rings is 1. The molecule has 0 saturated carbocycles. The van der Waals surface area contributed by atoms with Gasteiger partial charge in [-0.2, -0.15) is 13.2 Å². The molecule has 1 atom stereocenters. The predicted molar refractivity (Wildman–Crippen MR) is 101 cm³/mol. The number of piperidine rings is 1. The van der Waals surface area contributed by atoms with Crippen molar-refractivity contribution in [3.8, 4) is 11.3 Å². The number of pyridine rings is 1. The highest BCUT2D eigenvalue weighted by Gasteiger charge is 2.38. The van der Waals surface area contributed by atoms with E-state index in [1.807, 2.05) is 49.4 Å². The van der Waals surface area contributed by atoms with Gasteiger partial charge >= 0.3 is 12.1 Å². The molecule has 1 aliphatic rings. The van der Waals surface area contributed by atoms with Gasteiger partial charge in [-0.15, -0.1) is 0 Å². The zero-order valence-electron chi connectivity index (χ0n) is 15.8. The van der Waals surface area contributed by atoms with E-state index in [4.69, 9.17) is 9.90 Å². The molecule has 3 rings (SSSR count). The fourth-order valence-electron chi connectivity index (χ4n) is 2.81. The maximum atomic E-state index is 12.4. The average molecular weight is 409 g/mol. The van der Waals surface area contributed by atoms with Crippen LogP contribution < -0.4 is 10.6 Å². The third kappa shape index (κ3) is 6.86. The number of nitrogens with zero attached hydrogens (tertiary/aromatic N) is 1. The zero-order chi connectivity index (χ0) is 21.4. The highest BCUT2D eigenvalue weighted by Crippen LogP contribution is 2.19. The van der Waals surface area contributed by atoms with E-state index < -0.39 is 12.1 Å². The van der Waals surface area contributed by atoms with Crippen molar-refractivity contribution in [3.05, 3.63) is 53.7 Å². The quantitative estimate of drug-likeness (QED) is 0.724. The molecule has 0 radical (unpaired) electrons. The van der Waals surface area contributed by atoms with Gasteiger partial charge in [0.2, 0.25) is 0 Å². The number of carboxylic acid groups (broad SMARTS) is 1. The molecule has 0 unspecified atom stereocenters. The largest absolute Gasteiger partial charge is 0.490 e. The number of hydrogen-bond acceptors (Lipinski definition) is 4. The van der Waals surface area contributed by atoms with Gasteiger partial charge in [0.25, 0.3) is 5.91 Å². The SMILES string of the molecule is Cc1nc(-c2ccccc2)ccc1C(=O)N[C@H]1CCCNC1.O=C(O)C(F)(F)F. The number of carboxylic acids is 1. The molecule has 156 valence electrons. The van der Waals surface area contributed by atoms with Crippen LogP contribution in [0.2, 0.25) is 0 Å². The van der Waals surface area contributed by atoms with Crippen molar-refractivity contribution in [2.75, 3.05) is 13.1 Å². The summed E-state index contributed by atoms with van der Waals surface area (Å²) in [6.07, 6.45) is -2.94. The summed E-state index contributed by atoms with van der Waals surface area (Å²) in [5.74, 6) is -2.79. The predicted octanol–water partition coefficient (Wildman–Crippen LogP) is 3.17. The van der Waals surface area contributed by atoms with Crippen LogP contribution in [0.4, 0.5) is 13.2 Å². The minimum absolute atomic E-state index is 0.0293. The summed E-state index contributed by atoms with van der Waals surface area (Å²) in [6, 6.07) is 14.0.